The summed E-state index contributed by atoms with van der Waals surface area (Å²) in [5.74, 6) is -3.80. The molecule has 42 heavy (non-hydrogen) atoms. The van der Waals surface area contributed by atoms with Crippen LogP contribution in [0.25, 0.3) is 11.1 Å². The van der Waals surface area contributed by atoms with E-state index in [2.05, 4.69) is 21.3 Å². The topological polar surface area (TPSA) is 163 Å². The molecule has 5 N–H and O–H groups in total. The zero-order chi connectivity index (χ0) is 31.0. The molecule has 2 aromatic rings. The molecular weight excluding hydrogens is 540 g/mol. The van der Waals surface area contributed by atoms with Crippen molar-refractivity contribution in [3.05, 3.63) is 59.7 Å². The van der Waals surface area contributed by atoms with Gasteiger partial charge in [-0.15, -0.1) is 0 Å². The molecule has 0 heterocycles. The van der Waals surface area contributed by atoms with E-state index in [1.807, 2.05) is 55.5 Å². The maximum atomic E-state index is 13.2. The van der Waals surface area contributed by atoms with Crippen molar-refractivity contribution in [2.24, 2.45) is 11.8 Å². The summed E-state index contributed by atoms with van der Waals surface area (Å²) in [6.07, 6.45) is -0.175. The number of ether oxygens (including phenoxy) is 1. The van der Waals surface area contributed by atoms with Crippen molar-refractivity contribution in [2.45, 2.75) is 65.1 Å². The van der Waals surface area contributed by atoms with Crippen molar-refractivity contribution in [1.29, 1.82) is 0 Å². The first kappa shape index (κ1) is 32.1. The number of nitrogens with one attached hydrogen (secondary N) is 4. The van der Waals surface area contributed by atoms with Crippen LogP contribution in [0, 0.1) is 11.8 Å². The molecule has 0 radical (unpaired) electrons. The van der Waals surface area contributed by atoms with Gasteiger partial charge in [0.15, 0.2) is 0 Å². The molecule has 2 aromatic carbocycles. The minimum Gasteiger partial charge on any atom is -0.480 e. The van der Waals surface area contributed by atoms with Gasteiger partial charge in [0.2, 0.25) is 17.7 Å². The molecule has 0 unspecified atom stereocenters. The van der Waals surface area contributed by atoms with E-state index in [1.165, 1.54) is 6.92 Å². The molecule has 0 spiro atoms. The van der Waals surface area contributed by atoms with E-state index in [1.54, 1.807) is 20.8 Å². The number of hydrogen-bond donors (Lipinski definition) is 5. The Labute approximate surface area is 245 Å². The molecule has 0 aliphatic heterocycles. The van der Waals surface area contributed by atoms with Crippen molar-refractivity contribution < 1.29 is 33.8 Å². The highest BCUT2D eigenvalue weighted by Gasteiger charge is 2.33. The van der Waals surface area contributed by atoms with Gasteiger partial charge in [-0.3, -0.25) is 19.2 Å². The van der Waals surface area contributed by atoms with Gasteiger partial charge in [0, 0.05) is 5.92 Å². The van der Waals surface area contributed by atoms with Crippen molar-refractivity contribution in [1.82, 2.24) is 21.3 Å². The number of carbonyl (C=O) groups excluding carboxylic acids is 4. The predicted octanol–water partition coefficient (Wildman–Crippen LogP) is 2.79. The number of amides is 4. The first-order valence-electron chi connectivity index (χ1n) is 14.2. The third kappa shape index (κ3) is 7.86. The van der Waals surface area contributed by atoms with Crippen LogP contribution < -0.4 is 21.3 Å². The van der Waals surface area contributed by atoms with Gasteiger partial charge >= 0.3 is 12.1 Å². The second-order valence-corrected chi connectivity index (χ2v) is 10.9. The lowest BCUT2D eigenvalue weighted by Gasteiger charge is -2.27. The second-order valence-electron chi connectivity index (χ2n) is 10.9. The third-order valence-electron chi connectivity index (χ3n) is 7.53. The Hall–Kier alpha value is -4.41. The van der Waals surface area contributed by atoms with Crippen LogP contribution in [0.1, 0.15) is 58.1 Å². The van der Waals surface area contributed by atoms with Crippen LogP contribution in [0.3, 0.4) is 0 Å². The molecule has 4 amide bonds. The van der Waals surface area contributed by atoms with E-state index in [0.717, 1.165) is 22.3 Å². The maximum Gasteiger partial charge on any atom is 0.407 e. The minimum atomic E-state index is -1.21. The molecule has 0 bridgehead atoms. The normalized spacial score (nSPS) is 14.9. The van der Waals surface area contributed by atoms with Crippen LogP contribution in [-0.2, 0) is 23.9 Å². The summed E-state index contributed by atoms with van der Waals surface area (Å²) in [6.45, 7) is 8.05. The van der Waals surface area contributed by atoms with Crippen LogP contribution in [-0.4, -0.2) is 66.2 Å². The van der Waals surface area contributed by atoms with Gasteiger partial charge in [-0.1, -0.05) is 82.6 Å². The Morgan fingerprint density at radius 2 is 1.36 bits per heavy atom. The average molecular weight is 581 g/mol. The quantitative estimate of drug-likeness (QED) is 0.243. The van der Waals surface area contributed by atoms with Crippen LogP contribution in [0.2, 0.25) is 0 Å². The zero-order valence-corrected chi connectivity index (χ0v) is 24.6. The summed E-state index contributed by atoms with van der Waals surface area (Å²) < 4.78 is 5.62. The van der Waals surface area contributed by atoms with Gasteiger partial charge in [0.05, 0.1) is 0 Å². The molecule has 0 saturated heterocycles. The Balaban J connectivity index is 1.61. The molecule has 0 fully saturated rings. The molecule has 1 aliphatic carbocycles. The number of hydrogen-bond acceptors (Lipinski definition) is 6. The molecule has 0 saturated carbocycles. The number of aliphatic carboxylic acids is 1. The fourth-order valence-electron chi connectivity index (χ4n) is 4.92. The highest BCUT2D eigenvalue weighted by molar-refractivity contribution is 5.94. The molecule has 3 rings (SSSR count). The molecule has 11 heteroatoms. The number of rotatable bonds is 13. The standard InChI is InChI=1S/C31H40N4O7/c1-6-18(4)27(30(40)33-19(5)28(38)34-26(17(2)3)29(39)32-15-25(36)37)35-31(41)42-16-24-22-13-9-7-11-20(22)21-12-8-10-14-23(21)24/h7-14,17-19,24,26-27H,6,15-16H2,1-5H3,(H,32,39)(H,33,40)(H,34,38)(H,35,41)(H,36,37)/t18-,19-,26-,27-/m0/s1. The molecule has 11 nitrogen and oxygen atoms in total. The van der Waals surface area contributed by atoms with Gasteiger partial charge in [-0.2, -0.15) is 0 Å². The Morgan fingerprint density at radius 3 is 1.88 bits per heavy atom. The number of carbonyl (C=O) groups is 5. The summed E-state index contributed by atoms with van der Waals surface area (Å²) in [6, 6.07) is 12.9. The number of alkyl carbamates (subject to hydrolysis) is 1. The second kappa shape index (κ2) is 14.5. The fourth-order valence-corrected chi connectivity index (χ4v) is 4.92. The number of fused-ring (bicyclic) bond motifs is 3. The van der Waals surface area contributed by atoms with Gasteiger partial charge in [0.1, 0.15) is 31.3 Å². The number of benzene rings is 2. The van der Waals surface area contributed by atoms with Crippen molar-refractivity contribution in [2.75, 3.05) is 13.2 Å². The van der Waals surface area contributed by atoms with Crippen molar-refractivity contribution in [3.8, 4) is 11.1 Å². The lowest BCUT2D eigenvalue weighted by atomic mass is 9.98. The van der Waals surface area contributed by atoms with Crippen LogP contribution in [0.5, 0.6) is 0 Å². The average Bonchev–Trinajstić information content (AvgIpc) is 3.29. The summed E-state index contributed by atoms with van der Waals surface area (Å²) in [4.78, 5) is 62.1. The molecular formula is C31H40N4O7. The number of carboxylic acids is 1. The van der Waals surface area contributed by atoms with Gasteiger partial charge < -0.3 is 31.1 Å². The minimum absolute atomic E-state index is 0.0913. The Kier molecular flexibility index (Phi) is 11.1. The fraction of sp³-hybridized carbons (Fsp3) is 0.452. The first-order valence-corrected chi connectivity index (χ1v) is 14.2. The molecule has 1 aliphatic rings. The SMILES string of the molecule is CC[C@H](C)[C@H](NC(=O)OCC1c2ccccc2-c2ccccc21)C(=O)N[C@@H](C)C(=O)N[C@H](C(=O)NCC(=O)O)C(C)C. The van der Waals surface area contributed by atoms with Crippen molar-refractivity contribution in [3.63, 3.8) is 0 Å². The van der Waals surface area contributed by atoms with E-state index in [9.17, 15) is 24.0 Å². The lowest BCUT2D eigenvalue weighted by Crippen LogP contribution is -2.58. The van der Waals surface area contributed by atoms with Gasteiger partial charge in [0.25, 0.3) is 0 Å². The van der Waals surface area contributed by atoms with Crippen molar-refractivity contribution >= 4 is 29.8 Å². The summed E-state index contributed by atoms with van der Waals surface area (Å²) in [5.41, 5.74) is 4.34. The first-order chi connectivity index (χ1) is 19.9. The van der Waals surface area contributed by atoms with E-state index in [4.69, 9.17) is 9.84 Å². The number of carboxylic acid groups (broad SMARTS) is 1. The summed E-state index contributed by atoms with van der Waals surface area (Å²) in [5, 5.41) is 18.9. The highest BCUT2D eigenvalue weighted by atomic mass is 16.5. The van der Waals surface area contributed by atoms with E-state index < -0.39 is 54.5 Å². The Bertz CT molecular complexity index is 1270. The van der Waals surface area contributed by atoms with E-state index >= 15 is 0 Å². The van der Waals surface area contributed by atoms with Crippen LogP contribution in [0.4, 0.5) is 4.79 Å². The zero-order valence-electron chi connectivity index (χ0n) is 24.6. The molecule has 0 aromatic heterocycles. The maximum absolute atomic E-state index is 13.2. The largest absolute Gasteiger partial charge is 0.480 e. The summed E-state index contributed by atoms with van der Waals surface area (Å²) >= 11 is 0. The van der Waals surface area contributed by atoms with E-state index in [0.29, 0.717) is 6.42 Å². The lowest BCUT2D eigenvalue weighted by molar-refractivity contribution is -0.139. The van der Waals surface area contributed by atoms with Gasteiger partial charge in [-0.05, 0) is 41.0 Å². The third-order valence-corrected chi connectivity index (χ3v) is 7.53. The smallest absolute Gasteiger partial charge is 0.407 e. The highest BCUT2D eigenvalue weighted by Crippen LogP contribution is 2.44. The van der Waals surface area contributed by atoms with Gasteiger partial charge in [-0.25, -0.2) is 4.79 Å². The summed E-state index contributed by atoms with van der Waals surface area (Å²) in [7, 11) is 0. The predicted molar refractivity (Wildman–Crippen MR) is 156 cm³/mol. The molecule has 226 valence electrons. The van der Waals surface area contributed by atoms with Crippen LogP contribution >= 0.6 is 0 Å². The monoisotopic (exact) mass is 580 g/mol. The Morgan fingerprint density at radius 1 is 0.786 bits per heavy atom. The molecule has 4 atom stereocenters. The van der Waals surface area contributed by atoms with E-state index in [-0.39, 0.29) is 24.4 Å². The van der Waals surface area contributed by atoms with Crippen LogP contribution in [0.15, 0.2) is 48.5 Å².